The van der Waals surface area contributed by atoms with Crippen LogP contribution in [0.25, 0.3) is 0 Å². The van der Waals surface area contributed by atoms with Gasteiger partial charge in [-0.15, -0.1) is 0 Å². The van der Waals surface area contributed by atoms with Crippen LogP contribution < -0.4 is 5.32 Å². The first kappa shape index (κ1) is 11.2. The lowest BCUT2D eigenvalue weighted by atomic mass is 10.1. The number of halogens is 1. The van der Waals surface area contributed by atoms with Gasteiger partial charge in [-0.2, -0.15) is 0 Å². The summed E-state index contributed by atoms with van der Waals surface area (Å²) in [4.78, 5) is 10.3. The van der Waals surface area contributed by atoms with Crippen LogP contribution in [0.5, 0.6) is 0 Å². The van der Waals surface area contributed by atoms with E-state index in [-0.39, 0.29) is 6.54 Å². The molecule has 76 valence electrons. The van der Waals surface area contributed by atoms with Gasteiger partial charge in [0.15, 0.2) is 0 Å². The van der Waals surface area contributed by atoms with Gasteiger partial charge in [-0.25, -0.2) is 0 Å². The van der Waals surface area contributed by atoms with Gasteiger partial charge in [0.1, 0.15) is 0 Å². The highest BCUT2D eigenvalue weighted by Gasteiger charge is 2.00. The van der Waals surface area contributed by atoms with Gasteiger partial charge in [0.25, 0.3) is 0 Å². The Kier molecular flexibility index (Phi) is 4.10. The number of nitrogens with one attached hydrogen (secondary N) is 1. The van der Waals surface area contributed by atoms with Crippen LogP contribution in [0.3, 0.4) is 0 Å². The normalized spacial score (nSPS) is 10.1. The number of hydrogen-bond acceptors (Lipinski definition) is 2. The van der Waals surface area contributed by atoms with Crippen LogP contribution >= 0.6 is 15.9 Å². The number of carboxylic acid groups (broad SMARTS) is 1. The zero-order valence-corrected chi connectivity index (χ0v) is 9.47. The molecule has 0 aliphatic carbocycles. The molecule has 0 saturated carbocycles. The number of carboxylic acids is 1. The summed E-state index contributed by atoms with van der Waals surface area (Å²) in [6.45, 7) is 2.56. The van der Waals surface area contributed by atoms with Crippen molar-refractivity contribution in [1.82, 2.24) is 5.32 Å². The molecule has 0 aliphatic rings. The van der Waals surface area contributed by atoms with Gasteiger partial charge in [0.05, 0.1) is 6.54 Å². The van der Waals surface area contributed by atoms with Crippen LogP contribution in [-0.2, 0) is 11.3 Å². The molecule has 0 amide bonds. The molecule has 0 radical (unpaired) electrons. The van der Waals surface area contributed by atoms with Crippen LogP contribution in [0, 0.1) is 6.92 Å². The minimum Gasteiger partial charge on any atom is -0.480 e. The van der Waals surface area contributed by atoms with E-state index in [1.807, 2.05) is 25.1 Å². The highest BCUT2D eigenvalue weighted by atomic mass is 79.9. The van der Waals surface area contributed by atoms with Crippen molar-refractivity contribution in [3.8, 4) is 0 Å². The monoisotopic (exact) mass is 257 g/mol. The number of aryl methyl sites for hydroxylation is 1. The third-order valence-corrected chi connectivity index (χ3v) is 2.54. The maximum atomic E-state index is 10.3. The van der Waals surface area contributed by atoms with Crippen molar-refractivity contribution in [1.29, 1.82) is 0 Å². The predicted molar refractivity (Wildman–Crippen MR) is 58.2 cm³/mol. The summed E-state index contributed by atoms with van der Waals surface area (Å²) in [5.41, 5.74) is 2.25. The van der Waals surface area contributed by atoms with Crippen LogP contribution in [0.2, 0.25) is 0 Å². The molecule has 0 unspecified atom stereocenters. The first-order valence-corrected chi connectivity index (χ1v) is 5.06. The molecular weight excluding hydrogens is 246 g/mol. The van der Waals surface area contributed by atoms with Crippen LogP contribution in [0.15, 0.2) is 22.7 Å². The van der Waals surface area contributed by atoms with Crippen molar-refractivity contribution in [3.63, 3.8) is 0 Å². The molecule has 2 N–H and O–H groups in total. The maximum absolute atomic E-state index is 10.3. The molecule has 0 bridgehead atoms. The fraction of sp³-hybridized carbons (Fsp3) is 0.300. The summed E-state index contributed by atoms with van der Waals surface area (Å²) in [6, 6.07) is 5.99. The second-order valence-electron chi connectivity index (χ2n) is 3.09. The topological polar surface area (TPSA) is 49.3 Å². The van der Waals surface area contributed by atoms with E-state index in [1.165, 1.54) is 5.56 Å². The Balaban J connectivity index is 2.55. The molecule has 0 atom stereocenters. The van der Waals surface area contributed by atoms with Crippen molar-refractivity contribution in [2.45, 2.75) is 13.5 Å². The average Bonchev–Trinajstić information content (AvgIpc) is 2.08. The summed E-state index contributed by atoms with van der Waals surface area (Å²) < 4.78 is 1.01. The molecule has 0 saturated heterocycles. The second-order valence-corrected chi connectivity index (χ2v) is 3.95. The van der Waals surface area contributed by atoms with Gasteiger partial charge in [0, 0.05) is 11.0 Å². The van der Waals surface area contributed by atoms with E-state index in [2.05, 4.69) is 21.2 Å². The highest BCUT2D eigenvalue weighted by molar-refractivity contribution is 9.10. The van der Waals surface area contributed by atoms with Crippen LogP contribution in [0.4, 0.5) is 0 Å². The van der Waals surface area contributed by atoms with Gasteiger partial charge in [0.2, 0.25) is 0 Å². The van der Waals surface area contributed by atoms with Crippen molar-refractivity contribution in [2.75, 3.05) is 6.54 Å². The quantitative estimate of drug-likeness (QED) is 0.867. The minimum atomic E-state index is -0.840. The fourth-order valence-corrected chi connectivity index (χ4v) is 1.73. The lowest BCUT2D eigenvalue weighted by Gasteiger charge is -2.05. The first-order valence-electron chi connectivity index (χ1n) is 4.27. The van der Waals surface area contributed by atoms with Gasteiger partial charge in [-0.1, -0.05) is 28.1 Å². The number of rotatable bonds is 4. The van der Waals surface area contributed by atoms with E-state index in [9.17, 15) is 4.79 Å². The van der Waals surface area contributed by atoms with Gasteiger partial charge >= 0.3 is 5.97 Å². The summed E-state index contributed by atoms with van der Waals surface area (Å²) in [5, 5.41) is 11.3. The molecule has 0 aliphatic heterocycles. The maximum Gasteiger partial charge on any atom is 0.317 e. The number of carbonyl (C=O) groups is 1. The molecule has 0 fully saturated rings. The van der Waals surface area contributed by atoms with Crippen molar-refractivity contribution < 1.29 is 9.90 Å². The van der Waals surface area contributed by atoms with E-state index in [4.69, 9.17) is 5.11 Å². The largest absolute Gasteiger partial charge is 0.480 e. The molecule has 1 aromatic carbocycles. The SMILES string of the molecule is Cc1ccc(CNCC(=O)O)c(Br)c1. The molecule has 0 heterocycles. The molecule has 4 heteroatoms. The molecule has 14 heavy (non-hydrogen) atoms. The fourth-order valence-electron chi connectivity index (χ4n) is 1.10. The van der Waals surface area contributed by atoms with Crippen molar-refractivity contribution in [3.05, 3.63) is 33.8 Å². The highest BCUT2D eigenvalue weighted by Crippen LogP contribution is 2.17. The number of aliphatic carboxylic acids is 1. The standard InChI is InChI=1S/C10H12BrNO2/c1-7-2-3-8(9(11)4-7)5-12-6-10(13)14/h2-4,12H,5-6H2,1H3,(H,13,14). The predicted octanol–water partition coefficient (Wildman–Crippen LogP) is 1.93. The Morgan fingerprint density at radius 3 is 2.86 bits per heavy atom. The van der Waals surface area contributed by atoms with E-state index >= 15 is 0 Å². The number of hydrogen-bond donors (Lipinski definition) is 2. The Bertz CT molecular complexity index is 339. The van der Waals surface area contributed by atoms with E-state index in [0.29, 0.717) is 6.54 Å². The van der Waals surface area contributed by atoms with Crippen LogP contribution in [-0.4, -0.2) is 17.6 Å². The zero-order chi connectivity index (χ0) is 10.6. The summed E-state index contributed by atoms with van der Waals surface area (Å²) in [7, 11) is 0. The Hall–Kier alpha value is -0.870. The summed E-state index contributed by atoms with van der Waals surface area (Å²) in [6.07, 6.45) is 0. The van der Waals surface area contributed by atoms with Crippen molar-refractivity contribution >= 4 is 21.9 Å². The van der Waals surface area contributed by atoms with Gasteiger partial charge < -0.3 is 10.4 Å². The molecule has 1 rings (SSSR count). The summed E-state index contributed by atoms with van der Waals surface area (Å²) in [5.74, 6) is -0.840. The Labute approximate surface area is 91.3 Å². The Morgan fingerprint density at radius 2 is 2.29 bits per heavy atom. The first-order chi connectivity index (χ1) is 6.59. The molecular formula is C10H12BrNO2. The molecule has 0 spiro atoms. The van der Waals surface area contributed by atoms with E-state index in [1.54, 1.807) is 0 Å². The third-order valence-electron chi connectivity index (χ3n) is 1.80. The third kappa shape index (κ3) is 3.47. The molecule has 3 nitrogen and oxygen atoms in total. The lowest BCUT2D eigenvalue weighted by molar-refractivity contribution is -0.135. The zero-order valence-electron chi connectivity index (χ0n) is 7.88. The van der Waals surface area contributed by atoms with Gasteiger partial charge in [-0.05, 0) is 24.1 Å². The smallest absolute Gasteiger partial charge is 0.317 e. The molecule has 1 aromatic rings. The van der Waals surface area contributed by atoms with Gasteiger partial charge in [-0.3, -0.25) is 4.79 Å². The average molecular weight is 258 g/mol. The lowest BCUT2D eigenvalue weighted by Crippen LogP contribution is -2.22. The van der Waals surface area contributed by atoms with E-state index in [0.717, 1.165) is 10.0 Å². The second kappa shape index (κ2) is 5.12. The Morgan fingerprint density at radius 1 is 1.57 bits per heavy atom. The minimum absolute atomic E-state index is 0.0136. The van der Waals surface area contributed by atoms with E-state index < -0.39 is 5.97 Å². The molecule has 0 aromatic heterocycles. The summed E-state index contributed by atoms with van der Waals surface area (Å²) >= 11 is 3.43. The van der Waals surface area contributed by atoms with Crippen LogP contribution in [0.1, 0.15) is 11.1 Å². The number of benzene rings is 1. The van der Waals surface area contributed by atoms with Crippen molar-refractivity contribution in [2.24, 2.45) is 0 Å².